The minimum Gasteiger partial charge on any atom is -0.483 e. The zero-order chi connectivity index (χ0) is 22.8. The van der Waals surface area contributed by atoms with Crippen LogP contribution in [0.15, 0.2) is 42.5 Å². The van der Waals surface area contributed by atoms with Crippen molar-refractivity contribution in [2.24, 2.45) is 0 Å². The smallest absolute Gasteiger partial charge is 0.261 e. The van der Waals surface area contributed by atoms with Crippen LogP contribution in [0.2, 0.25) is 0 Å². The molecule has 0 aliphatic rings. The molecule has 2 aromatic rings. The van der Waals surface area contributed by atoms with Gasteiger partial charge in [-0.05, 0) is 68.4 Å². The van der Waals surface area contributed by atoms with Crippen LogP contribution in [0, 0.1) is 20.8 Å². The molecule has 168 valence electrons. The average Bonchev–Trinajstić information content (AvgIpc) is 2.76. The van der Waals surface area contributed by atoms with Crippen molar-refractivity contribution in [2.45, 2.75) is 59.9 Å². The Morgan fingerprint density at radius 2 is 1.77 bits per heavy atom. The summed E-state index contributed by atoms with van der Waals surface area (Å²) in [6.07, 6.45) is 2.10. The minimum absolute atomic E-state index is 0.0872. The lowest BCUT2D eigenvalue weighted by Crippen LogP contribution is -2.51. The molecule has 0 fully saturated rings. The van der Waals surface area contributed by atoms with Crippen molar-refractivity contribution in [3.8, 4) is 5.75 Å². The molecular formula is C26H36N2O3. The number of nitrogens with one attached hydrogen (secondary N) is 1. The summed E-state index contributed by atoms with van der Waals surface area (Å²) < 4.78 is 5.93. The Morgan fingerprint density at radius 3 is 2.42 bits per heavy atom. The summed E-state index contributed by atoms with van der Waals surface area (Å²) in [6.45, 7) is 11.0. The van der Waals surface area contributed by atoms with Gasteiger partial charge >= 0.3 is 0 Å². The van der Waals surface area contributed by atoms with Gasteiger partial charge in [0.15, 0.2) is 6.61 Å². The van der Waals surface area contributed by atoms with Crippen LogP contribution >= 0.6 is 0 Å². The van der Waals surface area contributed by atoms with Crippen LogP contribution in [-0.4, -0.2) is 42.5 Å². The van der Waals surface area contributed by atoms with Crippen LogP contribution in [0.5, 0.6) is 5.75 Å². The number of hydrogen-bond donors (Lipinski definition) is 1. The van der Waals surface area contributed by atoms with Crippen LogP contribution < -0.4 is 10.1 Å². The lowest BCUT2D eigenvalue weighted by molar-refractivity contribution is -0.142. The van der Waals surface area contributed by atoms with Gasteiger partial charge in [-0.3, -0.25) is 9.59 Å². The average molecular weight is 425 g/mol. The fourth-order valence-corrected chi connectivity index (χ4v) is 3.64. The second-order valence-corrected chi connectivity index (χ2v) is 8.03. The first-order valence-corrected chi connectivity index (χ1v) is 11.2. The minimum atomic E-state index is -0.508. The lowest BCUT2D eigenvalue weighted by Gasteiger charge is -2.30. The quantitative estimate of drug-likeness (QED) is 0.583. The molecule has 0 saturated heterocycles. The number of nitrogens with zero attached hydrogens (tertiary/aromatic N) is 1. The van der Waals surface area contributed by atoms with Gasteiger partial charge in [-0.25, -0.2) is 0 Å². The second-order valence-electron chi connectivity index (χ2n) is 8.03. The molecule has 0 bridgehead atoms. The van der Waals surface area contributed by atoms with E-state index in [4.69, 9.17) is 4.74 Å². The van der Waals surface area contributed by atoms with E-state index in [0.29, 0.717) is 25.9 Å². The molecule has 31 heavy (non-hydrogen) atoms. The topological polar surface area (TPSA) is 58.6 Å². The maximum Gasteiger partial charge on any atom is 0.261 e. The zero-order valence-corrected chi connectivity index (χ0v) is 19.5. The molecule has 0 aromatic heterocycles. The number of benzene rings is 2. The number of carbonyl (C=O) groups excluding carboxylic acids is 2. The highest BCUT2D eigenvalue weighted by Gasteiger charge is 2.28. The standard InChI is InChI=1S/C26H36N2O3/c1-6-14-27-26(30)23(7-2)28(15-13-22-11-9-8-10-12-22)25(29)18-31-24-17-19(3)16-20(4)21(24)5/h8-12,16-17,23H,6-7,13-15,18H2,1-5H3,(H,27,30)/t23-/m1/s1. The molecule has 0 heterocycles. The summed E-state index contributed by atoms with van der Waals surface area (Å²) in [5, 5.41) is 2.94. The van der Waals surface area contributed by atoms with Gasteiger partial charge in [-0.2, -0.15) is 0 Å². The number of aryl methyl sites for hydroxylation is 2. The maximum absolute atomic E-state index is 13.2. The fourth-order valence-electron chi connectivity index (χ4n) is 3.64. The molecule has 1 N–H and O–H groups in total. The van der Waals surface area contributed by atoms with E-state index in [1.54, 1.807) is 4.90 Å². The highest BCUT2D eigenvalue weighted by atomic mass is 16.5. The van der Waals surface area contributed by atoms with Crippen LogP contribution in [0.25, 0.3) is 0 Å². The highest BCUT2D eigenvalue weighted by Crippen LogP contribution is 2.23. The number of rotatable bonds is 11. The first-order chi connectivity index (χ1) is 14.9. The normalized spacial score (nSPS) is 11.6. The van der Waals surface area contributed by atoms with Gasteiger partial charge in [-0.1, -0.05) is 50.2 Å². The Balaban J connectivity index is 2.17. The predicted octanol–water partition coefficient (Wildman–Crippen LogP) is 4.37. The third-order valence-electron chi connectivity index (χ3n) is 5.53. The SMILES string of the molecule is CCCNC(=O)[C@@H](CC)N(CCc1ccccc1)C(=O)COc1cc(C)cc(C)c1C. The summed E-state index contributed by atoms with van der Waals surface area (Å²) in [4.78, 5) is 27.7. The molecule has 0 aliphatic heterocycles. The summed E-state index contributed by atoms with van der Waals surface area (Å²) in [7, 11) is 0. The van der Waals surface area contributed by atoms with Crippen molar-refractivity contribution in [2.75, 3.05) is 19.7 Å². The van der Waals surface area contributed by atoms with Gasteiger partial charge in [0.25, 0.3) is 5.91 Å². The van der Waals surface area contributed by atoms with Crippen molar-refractivity contribution < 1.29 is 14.3 Å². The van der Waals surface area contributed by atoms with Crippen LogP contribution in [0.4, 0.5) is 0 Å². The molecule has 0 radical (unpaired) electrons. The first-order valence-electron chi connectivity index (χ1n) is 11.2. The molecule has 5 heteroatoms. The summed E-state index contributed by atoms with van der Waals surface area (Å²) in [5.74, 6) is 0.443. The van der Waals surface area contributed by atoms with E-state index in [1.807, 2.05) is 71.0 Å². The van der Waals surface area contributed by atoms with E-state index in [1.165, 1.54) is 0 Å². The molecule has 0 spiro atoms. The highest BCUT2D eigenvalue weighted by molar-refractivity contribution is 5.88. The molecule has 0 aliphatic carbocycles. The summed E-state index contributed by atoms with van der Waals surface area (Å²) >= 11 is 0. The number of hydrogen-bond acceptors (Lipinski definition) is 3. The molecular weight excluding hydrogens is 388 g/mol. The van der Waals surface area contributed by atoms with Crippen molar-refractivity contribution in [3.63, 3.8) is 0 Å². The molecule has 1 atom stereocenters. The predicted molar refractivity (Wildman–Crippen MR) is 125 cm³/mol. The Hall–Kier alpha value is -2.82. The van der Waals surface area contributed by atoms with Gasteiger partial charge in [0.05, 0.1) is 0 Å². The Kier molecular flexibility index (Phi) is 9.57. The molecule has 2 amide bonds. The lowest BCUT2D eigenvalue weighted by atomic mass is 10.1. The van der Waals surface area contributed by atoms with Gasteiger partial charge in [-0.15, -0.1) is 0 Å². The monoisotopic (exact) mass is 424 g/mol. The van der Waals surface area contributed by atoms with Crippen molar-refractivity contribution in [1.82, 2.24) is 10.2 Å². The number of amides is 2. The Morgan fingerprint density at radius 1 is 1.06 bits per heavy atom. The summed E-state index contributed by atoms with van der Waals surface area (Å²) in [6, 6.07) is 13.6. The summed E-state index contributed by atoms with van der Waals surface area (Å²) in [5.41, 5.74) is 4.39. The van der Waals surface area contributed by atoms with E-state index in [9.17, 15) is 9.59 Å². The second kappa shape index (κ2) is 12.1. The van der Waals surface area contributed by atoms with Crippen LogP contribution in [0.1, 0.15) is 48.9 Å². The molecule has 0 unspecified atom stereocenters. The van der Waals surface area contributed by atoms with Crippen LogP contribution in [0.3, 0.4) is 0 Å². The third-order valence-corrected chi connectivity index (χ3v) is 5.53. The maximum atomic E-state index is 13.2. The number of ether oxygens (including phenoxy) is 1. The Bertz CT molecular complexity index is 864. The van der Waals surface area contributed by atoms with Gasteiger partial charge < -0.3 is 15.0 Å². The van der Waals surface area contributed by atoms with E-state index in [-0.39, 0.29) is 18.4 Å². The van der Waals surface area contributed by atoms with Gasteiger partial charge in [0, 0.05) is 13.1 Å². The number of carbonyl (C=O) groups is 2. The Labute approximate surface area is 186 Å². The fraction of sp³-hybridized carbons (Fsp3) is 0.462. The van der Waals surface area contributed by atoms with E-state index < -0.39 is 6.04 Å². The third kappa shape index (κ3) is 7.12. The molecule has 5 nitrogen and oxygen atoms in total. The van der Waals surface area contributed by atoms with Gasteiger partial charge in [0.2, 0.25) is 5.91 Å². The zero-order valence-electron chi connectivity index (χ0n) is 19.5. The van der Waals surface area contributed by atoms with E-state index >= 15 is 0 Å². The molecule has 2 aromatic carbocycles. The van der Waals surface area contributed by atoms with Gasteiger partial charge in [0.1, 0.15) is 11.8 Å². The largest absolute Gasteiger partial charge is 0.483 e. The molecule has 2 rings (SSSR count). The van der Waals surface area contributed by atoms with Crippen molar-refractivity contribution >= 4 is 11.8 Å². The van der Waals surface area contributed by atoms with E-state index in [2.05, 4.69) is 11.4 Å². The van der Waals surface area contributed by atoms with Crippen molar-refractivity contribution in [1.29, 1.82) is 0 Å². The van der Waals surface area contributed by atoms with Crippen molar-refractivity contribution in [3.05, 3.63) is 64.7 Å². The molecule has 0 saturated carbocycles. The first kappa shape index (κ1) is 24.4. The van der Waals surface area contributed by atoms with E-state index in [0.717, 1.165) is 34.4 Å². The van der Waals surface area contributed by atoms with Crippen LogP contribution in [-0.2, 0) is 16.0 Å².